The first-order valence-corrected chi connectivity index (χ1v) is 46.2. The van der Waals surface area contributed by atoms with E-state index < -0.39 is 6.17 Å². The van der Waals surface area contributed by atoms with Gasteiger partial charge in [0, 0.05) is 165 Å². The number of rotatable bonds is 12. The molecule has 26 nitrogen and oxygen atoms in total. The number of nitrogens with zero attached hydrogens (tertiary/aromatic N) is 22. The summed E-state index contributed by atoms with van der Waals surface area (Å²) in [5, 5.41) is 2.53. The van der Waals surface area contributed by atoms with E-state index in [9.17, 15) is 4.39 Å². The number of anilines is 4. The highest BCUT2D eigenvalue weighted by molar-refractivity contribution is 5.92. The Morgan fingerprint density at radius 2 is 0.701 bits per heavy atom. The third-order valence-electron chi connectivity index (χ3n) is 28.8. The van der Waals surface area contributed by atoms with Gasteiger partial charge in [-0.15, -0.1) is 6.42 Å². The van der Waals surface area contributed by atoms with Crippen LogP contribution >= 0.6 is 0 Å². The van der Waals surface area contributed by atoms with Crippen molar-refractivity contribution in [3.05, 3.63) is 228 Å². The van der Waals surface area contributed by atoms with Crippen LogP contribution in [0.4, 0.5) is 27.1 Å². The molecule has 4 N–H and O–H groups in total. The van der Waals surface area contributed by atoms with Crippen LogP contribution < -0.4 is 19.6 Å². The molecule has 17 heterocycles. The normalized spacial score (nSPS) is 23.8. The van der Waals surface area contributed by atoms with Crippen molar-refractivity contribution >= 4 is 83.3 Å². The average Bonchev–Trinajstić information content (AvgIpc) is 1.64. The summed E-state index contributed by atoms with van der Waals surface area (Å²) < 4.78 is 17.0. The number of nitrogens with one attached hydrogen (secondary N) is 4. The van der Waals surface area contributed by atoms with Crippen LogP contribution in [0, 0.1) is 19.3 Å². The number of aromatic amines is 4. The molecular weight excluding hydrogens is 1580 g/mol. The second kappa shape index (κ2) is 37.5. The maximum atomic E-state index is 14.9. The Bertz CT molecular complexity index is 6140. The van der Waals surface area contributed by atoms with Gasteiger partial charge in [-0.3, -0.25) is 39.5 Å². The molecule has 5 aromatic carbocycles. The van der Waals surface area contributed by atoms with Crippen molar-refractivity contribution in [1.29, 1.82) is 0 Å². The van der Waals surface area contributed by atoms with Crippen LogP contribution in [-0.2, 0) is 0 Å². The molecule has 0 amide bonds. The van der Waals surface area contributed by atoms with Gasteiger partial charge in [0.25, 0.3) is 0 Å². The summed E-state index contributed by atoms with van der Waals surface area (Å²) in [7, 11) is 17.4. The number of alkyl halides is 1. The Labute approximate surface area is 745 Å². The molecule has 8 aliphatic rings. The molecule has 0 bridgehead atoms. The van der Waals surface area contributed by atoms with Crippen LogP contribution in [0.2, 0.25) is 0 Å². The molecule has 0 aliphatic carbocycles. The van der Waals surface area contributed by atoms with Gasteiger partial charge in [0.1, 0.15) is 57.2 Å². The number of halogens is 1. The van der Waals surface area contributed by atoms with Crippen molar-refractivity contribution in [2.45, 2.75) is 132 Å². The number of aromatic nitrogens is 14. The number of pyridine rings is 3. The second-order valence-corrected chi connectivity index (χ2v) is 36.7. The van der Waals surface area contributed by atoms with Gasteiger partial charge < -0.3 is 63.5 Å². The largest absolute Gasteiger partial charge is 0.367 e. The van der Waals surface area contributed by atoms with Crippen molar-refractivity contribution < 1.29 is 4.39 Å². The summed E-state index contributed by atoms with van der Waals surface area (Å²) in [5.41, 5.74) is 20.7. The van der Waals surface area contributed by atoms with Crippen LogP contribution in [0.25, 0.3) is 60.6 Å². The minimum Gasteiger partial charge on any atom is -0.367 e. The fraction of sp³-hybridized carbons (Fsp3) is 0.450. The van der Waals surface area contributed by atoms with Crippen LogP contribution in [0.3, 0.4) is 0 Å². The molecule has 127 heavy (non-hydrogen) atoms. The zero-order chi connectivity index (χ0) is 86.9. The Morgan fingerprint density at radius 3 is 1.14 bits per heavy atom. The lowest BCUT2D eigenvalue weighted by molar-refractivity contribution is 0.0516. The second-order valence-electron chi connectivity index (χ2n) is 36.7. The quantitative estimate of drug-likeness (QED) is 0.0835. The number of benzene rings is 5. The summed E-state index contributed by atoms with van der Waals surface area (Å²) in [5.74, 6) is 6.85. The molecule has 9 aromatic heterocycles. The van der Waals surface area contributed by atoms with Crippen molar-refractivity contribution in [3.8, 4) is 12.3 Å². The smallest absolute Gasteiger partial charge is 0.160 e. The number of likely N-dealkylation sites (N-methyl/N-ethyl adjacent to an activating group) is 4. The van der Waals surface area contributed by atoms with Crippen LogP contribution in [-0.4, -0.2) is 276 Å². The summed E-state index contributed by atoms with van der Waals surface area (Å²) >= 11 is 0. The Kier molecular flexibility index (Phi) is 25.2. The lowest BCUT2D eigenvalue weighted by Gasteiger charge is -2.40. The van der Waals surface area contributed by atoms with Gasteiger partial charge in [0.15, 0.2) is 5.65 Å². The molecule has 14 aromatic rings. The maximum Gasteiger partial charge on any atom is 0.160 e. The lowest BCUT2D eigenvalue weighted by atomic mass is 9.90. The Hall–Kier alpha value is -11.3. The van der Waals surface area contributed by atoms with Crippen molar-refractivity contribution in [2.75, 3.05) is 181 Å². The first kappa shape index (κ1) is 85.1. The van der Waals surface area contributed by atoms with E-state index in [0.29, 0.717) is 18.9 Å². The molecule has 0 radical (unpaired) electrons. The van der Waals surface area contributed by atoms with Gasteiger partial charge in [-0.2, -0.15) is 0 Å². The molecule has 27 heteroatoms. The zero-order valence-electron chi connectivity index (χ0n) is 75.2. The van der Waals surface area contributed by atoms with Gasteiger partial charge in [0.05, 0.1) is 110 Å². The number of piperazine rings is 4. The molecule has 8 saturated heterocycles. The van der Waals surface area contributed by atoms with Gasteiger partial charge in [-0.25, -0.2) is 29.3 Å². The van der Waals surface area contributed by atoms with Crippen molar-refractivity contribution in [2.24, 2.45) is 0 Å². The zero-order valence-corrected chi connectivity index (χ0v) is 75.2. The number of hydrogen-bond donors (Lipinski definition) is 4. The van der Waals surface area contributed by atoms with Gasteiger partial charge in [-0.05, 0) is 211 Å². The van der Waals surface area contributed by atoms with E-state index in [2.05, 4.69) is 277 Å². The molecule has 0 saturated carbocycles. The predicted octanol–water partition coefficient (Wildman–Crippen LogP) is 15.5. The standard InChI is InChI=1S/C27H32N6.C25H30N6.C24H31FN6.C24H30N8/c1-31-15-17-33(18-16-31)23-11-5-9-21-26(23)30-27(29-21)24-12-6-10-22(32(24)2)25-20-8-4-3-7-19(20)13-14-28-25;1-4-18-8-7-13-26-23(18)20-10-6-12-22(30(20)3)25-27-19-9-5-11-21(24(19)28-25)31-16-14-29(2)15-17-31;1-16-6-5-9-26-22(16)20-14-17(25)15-21(30(20)3)24-27-18-7-4-8-19(23(18)28-24)31-12-10-29(2)11-13-31;1-29-13-15-31(16-14-29)19-7-3-5-17-21(19)28-23(27-17)20-8-4-6-18(30(20)2)22-24-26-10-12-32(24)11-9-25-22/h3-5,7-9,11,13-14,22,24H,6,10,12,15-18H2,1-2H3,(H,29,30);1,5,7-9,11,13,20,22H,6,10,12,14-17H2,2-3H3,(H,27,28);4-9,17,20-21H,10-15H2,1-3H3,(H,27,28);3,5,7,9-12,18,20H,4,6,8,13-16H2,1-2H3,(H,27,28)/t22-,24+;20-,22+;17-,20+,21-;18-,20+/m0010/s1. The predicted molar refractivity (Wildman–Crippen MR) is 508 cm³/mol. The number of terminal acetylenes is 1. The van der Waals surface area contributed by atoms with Crippen molar-refractivity contribution in [3.63, 3.8) is 0 Å². The van der Waals surface area contributed by atoms with E-state index in [-0.39, 0.29) is 42.3 Å². The number of para-hydroxylation sites is 4. The van der Waals surface area contributed by atoms with Crippen LogP contribution in [0.15, 0.2) is 171 Å². The van der Waals surface area contributed by atoms with Crippen molar-refractivity contribution in [1.82, 2.24) is 108 Å². The lowest BCUT2D eigenvalue weighted by Crippen LogP contribution is -2.44. The van der Waals surface area contributed by atoms with Crippen LogP contribution in [0.5, 0.6) is 0 Å². The van der Waals surface area contributed by atoms with E-state index >= 15 is 0 Å². The van der Waals surface area contributed by atoms with E-state index in [4.69, 9.17) is 36.3 Å². The fourth-order valence-corrected chi connectivity index (χ4v) is 21.3. The Balaban J connectivity index is 0.000000110. The molecular formula is C100H123FN26. The number of aryl methyl sites for hydroxylation is 1. The highest BCUT2D eigenvalue weighted by Crippen LogP contribution is 2.47. The SMILES string of the molecule is C#Cc1cccnc1[C@@H]1CCC[C@H](c2nc3c(N4CCN(C)CC4)cccc3[nH]2)N1C.CN1CCN(c2cccc3[nH]c([C@H]4CCC[C@@H](c5nccc6ccccc56)N4C)nc23)CC1.CN1CCN(c2cccc3[nH]c([C@H]4CCC[C@@H](c5nccn6ccnc56)N4C)nc23)CC1.Cc1cccnc1[C@@H]1C[C@@H](F)C[C@H](c2nc3c(N4CCN(C)CC4)cccc3[nH]2)N1C. The maximum absolute atomic E-state index is 14.9. The van der Waals surface area contributed by atoms with Crippen LogP contribution in [0.1, 0.15) is 176 Å². The third kappa shape index (κ3) is 17.6. The molecule has 0 spiro atoms. The highest BCUT2D eigenvalue weighted by Gasteiger charge is 2.41. The highest BCUT2D eigenvalue weighted by atomic mass is 19.1. The average molecular weight is 1710 g/mol. The first-order valence-electron chi connectivity index (χ1n) is 46.2. The molecule has 8 aliphatic heterocycles. The number of hydrogen-bond acceptors (Lipinski definition) is 21. The molecule has 8 fully saturated rings. The third-order valence-corrected chi connectivity index (χ3v) is 28.8. The minimum atomic E-state index is -0.877. The topological polar surface area (TPSA) is 222 Å². The number of imidazole rings is 5. The van der Waals surface area contributed by atoms with Gasteiger partial charge in [0.2, 0.25) is 0 Å². The number of fused-ring (bicyclic) bond motifs is 6. The Morgan fingerprint density at radius 1 is 0.339 bits per heavy atom. The molecule has 22 rings (SSSR count). The monoisotopic (exact) mass is 1710 g/mol. The number of piperidine rings is 4. The summed E-state index contributed by atoms with van der Waals surface area (Å²) in [6, 6.07) is 45.7. The molecule has 0 unspecified atom stereocenters. The molecule has 9 atom stereocenters. The number of H-pyrrole nitrogens is 4. The van der Waals surface area contributed by atoms with Gasteiger partial charge in [-0.1, -0.05) is 60.5 Å². The van der Waals surface area contributed by atoms with E-state index in [1.807, 2.05) is 55.4 Å². The van der Waals surface area contributed by atoms with E-state index in [1.165, 1.54) is 45.6 Å². The van der Waals surface area contributed by atoms with Gasteiger partial charge >= 0.3 is 0 Å². The number of likely N-dealkylation sites (tertiary alicyclic amines) is 4. The summed E-state index contributed by atoms with van der Waals surface area (Å²) in [4.78, 5) is 87.4. The van der Waals surface area contributed by atoms with E-state index in [0.717, 1.165) is 257 Å². The molecule has 660 valence electrons. The summed E-state index contributed by atoms with van der Waals surface area (Å²) in [6.07, 6.45) is 29.1. The first-order chi connectivity index (χ1) is 62.0. The summed E-state index contributed by atoms with van der Waals surface area (Å²) in [6.45, 7) is 19.0. The minimum absolute atomic E-state index is 0.0553. The van der Waals surface area contributed by atoms with E-state index in [1.54, 1.807) is 6.20 Å². The fourth-order valence-electron chi connectivity index (χ4n) is 21.3.